The molecule has 2 bridgehead atoms. The van der Waals surface area contributed by atoms with E-state index in [0.717, 1.165) is 35.8 Å². The highest BCUT2D eigenvalue weighted by Crippen LogP contribution is 2.69. The predicted molar refractivity (Wildman–Crippen MR) is 64.4 cm³/mol. The molecule has 0 aliphatic heterocycles. The van der Waals surface area contributed by atoms with Gasteiger partial charge in [-0.3, -0.25) is 4.79 Å². The van der Waals surface area contributed by atoms with Crippen molar-refractivity contribution in [3.8, 4) is 0 Å². The Balaban J connectivity index is 1.28. The van der Waals surface area contributed by atoms with Gasteiger partial charge in [-0.15, -0.1) is 0 Å². The molecule has 2 N–H and O–H groups in total. The number of hydrogen-bond acceptors (Lipinski definition) is 3. The molecule has 0 radical (unpaired) electrons. The Hall–Kier alpha value is -1.39. The number of amides is 1. The molecule has 3 aliphatic carbocycles. The maximum absolute atomic E-state index is 12.1. The Morgan fingerprint density at radius 1 is 1.39 bits per heavy atom. The second-order valence-electron chi connectivity index (χ2n) is 6.02. The molecule has 4 atom stereocenters. The Bertz CT molecular complexity index is 442. The maximum Gasteiger partial charge on any atom is 0.223 e. The molecule has 5 heteroatoms. The van der Waals surface area contributed by atoms with E-state index in [4.69, 9.17) is 0 Å². The summed E-state index contributed by atoms with van der Waals surface area (Å²) in [6, 6.07) is 0. The van der Waals surface area contributed by atoms with Crippen LogP contribution in [0, 0.1) is 29.6 Å². The normalized spacial score (nSPS) is 39.7. The lowest BCUT2D eigenvalue weighted by Crippen LogP contribution is -2.29. The van der Waals surface area contributed by atoms with Gasteiger partial charge in [0.2, 0.25) is 5.91 Å². The van der Waals surface area contributed by atoms with Gasteiger partial charge in [0.25, 0.3) is 0 Å². The molecule has 0 spiro atoms. The Labute approximate surface area is 106 Å². The van der Waals surface area contributed by atoms with Crippen molar-refractivity contribution in [2.75, 3.05) is 6.54 Å². The summed E-state index contributed by atoms with van der Waals surface area (Å²) in [7, 11) is 0. The molecule has 5 nitrogen and oxygen atoms in total. The van der Waals surface area contributed by atoms with Crippen molar-refractivity contribution in [3.63, 3.8) is 0 Å². The van der Waals surface area contributed by atoms with E-state index in [2.05, 4.69) is 20.7 Å². The fraction of sp³-hybridized carbons (Fsp3) is 0.769. The van der Waals surface area contributed by atoms with E-state index in [1.165, 1.54) is 19.3 Å². The molecule has 4 rings (SSSR count). The summed E-state index contributed by atoms with van der Waals surface area (Å²) in [4.78, 5) is 12.1. The summed E-state index contributed by atoms with van der Waals surface area (Å²) in [6.45, 7) is 0.677. The Morgan fingerprint density at radius 2 is 2.17 bits per heavy atom. The van der Waals surface area contributed by atoms with Crippen LogP contribution in [-0.2, 0) is 11.2 Å². The van der Waals surface area contributed by atoms with Gasteiger partial charge < -0.3 is 5.32 Å². The van der Waals surface area contributed by atoms with Gasteiger partial charge in [0.1, 0.15) is 0 Å². The van der Waals surface area contributed by atoms with E-state index in [1.54, 1.807) is 6.20 Å². The van der Waals surface area contributed by atoms with E-state index in [9.17, 15) is 4.79 Å². The minimum atomic E-state index is 0.282. The summed E-state index contributed by atoms with van der Waals surface area (Å²) in [5.41, 5.74) is 0.909. The highest BCUT2D eigenvalue weighted by Gasteiger charge is 2.67. The quantitative estimate of drug-likeness (QED) is 0.823. The number of nitrogens with one attached hydrogen (secondary N) is 2. The number of H-pyrrole nitrogens is 1. The van der Waals surface area contributed by atoms with Gasteiger partial charge in [-0.1, -0.05) is 0 Å². The van der Waals surface area contributed by atoms with Crippen LogP contribution in [0.3, 0.4) is 0 Å². The van der Waals surface area contributed by atoms with Gasteiger partial charge >= 0.3 is 0 Å². The summed E-state index contributed by atoms with van der Waals surface area (Å²) in [6.07, 6.45) is 6.61. The number of carbonyl (C=O) groups is 1. The zero-order valence-electron chi connectivity index (χ0n) is 10.3. The van der Waals surface area contributed by atoms with E-state index >= 15 is 0 Å². The van der Waals surface area contributed by atoms with Crippen LogP contribution in [0.4, 0.5) is 0 Å². The first-order valence-electron chi connectivity index (χ1n) is 6.97. The summed E-state index contributed by atoms with van der Waals surface area (Å²) >= 11 is 0. The molecule has 0 aromatic carbocycles. The van der Waals surface area contributed by atoms with Crippen molar-refractivity contribution in [2.24, 2.45) is 29.6 Å². The predicted octanol–water partition coefficient (Wildman–Crippen LogP) is 0.755. The second-order valence-corrected chi connectivity index (χ2v) is 6.02. The van der Waals surface area contributed by atoms with E-state index in [-0.39, 0.29) is 5.91 Å². The van der Waals surface area contributed by atoms with Crippen LogP contribution in [0.2, 0.25) is 0 Å². The number of aromatic nitrogens is 3. The number of hydrogen-bond donors (Lipinski definition) is 2. The number of carbonyl (C=O) groups excluding carboxylic acids is 1. The molecule has 1 heterocycles. The standard InChI is InChI=1S/C13H18N4O/c18-13(14-4-3-9-6-15-17-16-9)12-10-7-1-2-8(5-7)11(10)12/h6-8,10-12H,1-5H2,(H,14,18)(H,15,16,17). The van der Waals surface area contributed by atoms with E-state index in [1.807, 2.05) is 0 Å². The van der Waals surface area contributed by atoms with Gasteiger partial charge in [-0.05, 0) is 42.9 Å². The highest BCUT2D eigenvalue weighted by atomic mass is 16.2. The fourth-order valence-electron chi connectivity index (χ4n) is 4.45. The Morgan fingerprint density at radius 3 is 2.83 bits per heavy atom. The molecule has 18 heavy (non-hydrogen) atoms. The molecule has 1 aromatic rings. The van der Waals surface area contributed by atoms with Crippen LogP contribution in [0.15, 0.2) is 6.20 Å². The SMILES string of the molecule is O=C(NCCc1cn[nH]n1)C1C2C3CCC(C3)C12. The number of rotatable bonds is 4. The van der Waals surface area contributed by atoms with Gasteiger partial charge in [-0.25, -0.2) is 0 Å². The van der Waals surface area contributed by atoms with Crippen molar-refractivity contribution in [2.45, 2.75) is 25.7 Å². The third-order valence-electron chi connectivity index (χ3n) is 5.18. The monoisotopic (exact) mass is 246 g/mol. The number of nitrogens with zero attached hydrogens (tertiary/aromatic N) is 2. The van der Waals surface area contributed by atoms with E-state index in [0.29, 0.717) is 12.5 Å². The smallest absolute Gasteiger partial charge is 0.223 e. The van der Waals surface area contributed by atoms with Crippen molar-refractivity contribution in [1.29, 1.82) is 0 Å². The zero-order chi connectivity index (χ0) is 12.1. The Kier molecular flexibility index (Phi) is 2.22. The molecular weight excluding hydrogens is 228 g/mol. The summed E-state index contributed by atoms with van der Waals surface area (Å²) < 4.78 is 0. The van der Waals surface area contributed by atoms with Crippen LogP contribution < -0.4 is 5.32 Å². The third-order valence-corrected chi connectivity index (χ3v) is 5.18. The largest absolute Gasteiger partial charge is 0.355 e. The average molecular weight is 246 g/mol. The highest BCUT2D eigenvalue weighted by molar-refractivity contribution is 5.82. The molecule has 4 unspecified atom stereocenters. The maximum atomic E-state index is 12.1. The second kappa shape index (κ2) is 3.80. The first kappa shape index (κ1) is 10.5. The topological polar surface area (TPSA) is 70.7 Å². The van der Waals surface area contributed by atoms with Crippen molar-refractivity contribution < 1.29 is 4.79 Å². The summed E-state index contributed by atoms with van der Waals surface area (Å²) in [5.74, 6) is 3.82. The average Bonchev–Trinajstić information content (AvgIpc) is 2.80. The lowest BCUT2D eigenvalue weighted by molar-refractivity contribution is -0.123. The van der Waals surface area contributed by atoms with E-state index < -0.39 is 0 Å². The number of aromatic amines is 1. The van der Waals surface area contributed by atoms with Gasteiger partial charge in [0.15, 0.2) is 0 Å². The summed E-state index contributed by atoms with van der Waals surface area (Å²) in [5, 5.41) is 13.4. The molecule has 3 aliphatic rings. The van der Waals surface area contributed by atoms with Crippen molar-refractivity contribution >= 4 is 5.91 Å². The van der Waals surface area contributed by atoms with Crippen LogP contribution in [-0.4, -0.2) is 27.9 Å². The van der Waals surface area contributed by atoms with Crippen LogP contribution in [0.25, 0.3) is 0 Å². The molecule has 1 aromatic heterocycles. The van der Waals surface area contributed by atoms with Gasteiger partial charge in [0.05, 0.1) is 11.9 Å². The molecule has 3 saturated carbocycles. The molecular formula is C13H18N4O. The molecule has 1 amide bonds. The third kappa shape index (κ3) is 1.49. The minimum Gasteiger partial charge on any atom is -0.355 e. The van der Waals surface area contributed by atoms with Crippen molar-refractivity contribution in [3.05, 3.63) is 11.9 Å². The molecule has 3 fully saturated rings. The van der Waals surface area contributed by atoms with Crippen molar-refractivity contribution in [1.82, 2.24) is 20.7 Å². The number of fused-ring (bicyclic) bond motifs is 5. The molecule has 0 saturated heterocycles. The zero-order valence-corrected chi connectivity index (χ0v) is 10.3. The van der Waals surface area contributed by atoms with Gasteiger partial charge in [-0.2, -0.15) is 15.4 Å². The first-order valence-corrected chi connectivity index (χ1v) is 6.97. The minimum absolute atomic E-state index is 0.282. The fourth-order valence-corrected chi connectivity index (χ4v) is 4.45. The van der Waals surface area contributed by atoms with Crippen LogP contribution in [0.1, 0.15) is 25.0 Å². The lowest BCUT2D eigenvalue weighted by Gasteiger charge is -2.08. The van der Waals surface area contributed by atoms with Gasteiger partial charge in [0, 0.05) is 18.9 Å². The first-order chi connectivity index (χ1) is 8.84. The lowest BCUT2D eigenvalue weighted by atomic mass is 10.0. The van der Waals surface area contributed by atoms with Crippen LogP contribution >= 0.6 is 0 Å². The molecule has 96 valence electrons. The van der Waals surface area contributed by atoms with Crippen LogP contribution in [0.5, 0.6) is 0 Å².